The number of aryl methyl sites for hydroxylation is 2. The van der Waals surface area contributed by atoms with Crippen LogP contribution in [-0.4, -0.2) is 26.7 Å². The molecule has 0 radical (unpaired) electrons. The summed E-state index contributed by atoms with van der Waals surface area (Å²) in [6.45, 7) is 9.96. The van der Waals surface area contributed by atoms with Gasteiger partial charge in [-0.25, -0.2) is 0 Å². The fourth-order valence-electron chi connectivity index (χ4n) is 2.47. The second kappa shape index (κ2) is 6.79. The van der Waals surface area contributed by atoms with E-state index >= 15 is 0 Å². The Morgan fingerprint density at radius 1 is 1.28 bits per heavy atom. The predicted octanol–water partition coefficient (Wildman–Crippen LogP) is 3.37. The third kappa shape index (κ3) is 3.74. The van der Waals surface area contributed by atoms with Gasteiger partial charge < -0.3 is 10.2 Å². The summed E-state index contributed by atoms with van der Waals surface area (Å²) in [6, 6.07) is 7.22. The molecule has 0 fully saturated rings. The number of hydrogen-bond donors (Lipinski definition) is 1. The first-order chi connectivity index (χ1) is 8.49. The lowest BCUT2D eigenvalue weighted by Gasteiger charge is -2.30. The fourth-order valence-corrected chi connectivity index (χ4v) is 2.47. The summed E-state index contributed by atoms with van der Waals surface area (Å²) in [5.74, 6) is 0.697. The smallest absolute Gasteiger partial charge is 0.0394 e. The van der Waals surface area contributed by atoms with Crippen LogP contribution in [0.3, 0.4) is 0 Å². The van der Waals surface area contributed by atoms with Crippen LogP contribution in [0.4, 0.5) is 5.69 Å². The summed E-state index contributed by atoms with van der Waals surface area (Å²) in [6.07, 6.45) is 1.21. The minimum atomic E-state index is 0.542. The number of likely N-dealkylation sites (N-methyl/N-ethyl adjacent to an activating group) is 2. The molecule has 2 nitrogen and oxygen atoms in total. The van der Waals surface area contributed by atoms with Gasteiger partial charge in [0.05, 0.1) is 0 Å². The van der Waals surface area contributed by atoms with Crippen molar-refractivity contribution >= 4 is 5.69 Å². The zero-order valence-corrected chi connectivity index (χ0v) is 12.7. The molecule has 0 amide bonds. The van der Waals surface area contributed by atoms with Crippen molar-refractivity contribution in [2.75, 3.05) is 25.5 Å². The highest BCUT2D eigenvalue weighted by Crippen LogP contribution is 2.21. The first kappa shape index (κ1) is 15.0. The van der Waals surface area contributed by atoms with Gasteiger partial charge in [-0.05, 0) is 38.4 Å². The maximum absolute atomic E-state index is 3.44. The van der Waals surface area contributed by atoms with Gasteiger partial charge in [0.25, 0.3) is 0 Å². The molecule has 1 rings (SSSR count). The maximum Gasteiger partial charge on any atom is 0.0394 e. The maximum atomic E-state index is 3.44. The molecule has 18 heavy (non-hydrogen) atoms. The van der Waals surface area contributed by atoms with Gasteiger partial charge >= 0.3 is 0 Å². The Labute approximate surface area is 112 Å². The molecule has 0 saturated heterocycles. The first-order valence-electron chi connectivity index (χ1n) is 6.95. The summed E-state index contributed by atoms with van der Waals surface area (Å²) in [4.78, 5) is 2.36. The third-order valence-corrected chi connectivity index (χ3v) is 3.94. The molecule has 1 N–H and O–H groups in total. The molecule has 1 aromatic carbocycles. The highest BCUT2D eigenvalue weighted by atomic mass is 15.1. The molecular formula is C16H28N2. The highest BCUT2D eigenvalue weighted by molar-refractivity contribution is 5.53. The second-order valence-electron chi connectivity index (χ2n) is 5.45. The monoisotopic (exact) mass is 248 g/mol. The van der Waals surface area contributed by atoms with Crippen LogP contribution in [-0.2, 0) is 0 Å². The van der Waals surface area contributed by atoms with Crippen LogP contribution in [0.5, 0.6) is 0 Å². The third-order valence-electron chi connectivity index (χ3n) is 3.94. The number of anilines is 1. The van der Waals surface area contributed by atoms with Gasteiger partial charge in [0, 0.05) is 25.3 Å². The van der Waals surface area contributed by atoms with E-state index in [-0.39, 0.29) is 0 Å². The predicted molar refractivity (Wildman–Crippen MR) is 81.5 cm³/mol. The second-order valence-corrected chi connectivity index (χ2v) is 5.45. The first-order valence-corrected chi connectivity index (χ1v) is 6.95. The van der Waals surface area contributed by atoms with Crippen LogP contribution in [0.25, 0.3) is 0 Å². The van der Waals surface area contributed by atoms with Crippen molar-refractivity contribution in [2.45, 2.75) is 40.2 Å². The van der Waals surface area contributed by atoms with Gasteiger partial charge in [-0.3, -0.25) is 0 Å². The van der Waals surface area contributed by atoms with Gasteiger partial charge in [-0.15, -0.1) is 0 Å². The van der Waals surface area contributed by atoms with Crippen molar-refractivity contribution in [2.24, 2.45) is 5.92 Å². The number of rotatable bonds is 6. The van der Waals surface area contributed by atoms with Gasteiger partial charge in [-0.2, -0.15) is 0 Å². The Morgan fingerprint density at radius 3 is 2.44 bits per heavy atom. The lowest BCUT2D eigenvalue weighted by atomic mass is 9.98. The van der Waals surface area contributed by atoms with E-state index in [4.69, 9.17) is 0 Å². The van der Waals surface area contributed by atoms with E-state index in [0.29, 0.717) is 12.0 Å². The molecule has 0 aliphatic carbocycles. The summed E-state index contributed by atoms with van der Waals surface area (Å²) in [5, 5.41) is 3.44. The highest BCUT2D eigenvalue weighted by Gasteiger charge is 2.16. The minimum Gasteiger partial charge on any atom is -0.373 e. The van der Waals surface area contributed by atoms with Crippen molar-refractivity contribution in [3.63, 3.8) is 0 Å². The topological polar surface area (TPSA) is 15.3 Å². The number of benzene rings is 1. The van der Waals surface area contributed by atoms with Gasteiger partial charge in [0.2, 0.25) is 0 Å². The summed E-state index contributed by atoms with van der Waals surface area (Å²) in [5.41, 5.74) is 4.03. The van der Waals surface area contributed by atoms with Crippen LogP contribution in [0.1, 0.15) is 31.4 Å². The number of nitrogens with one attached hydrogen (secondary N) is 1. The fraction of sp³-hybridized carbons (Fsp3) is 0.625. The molecule has 102 valence electrons. The molecule has 2 atom stereocenters. The molecule has 0 bridgehead atoms. The van der Waals surface area contributed by atoms with Crippen LogP contribution in [0, 0.1) is 19.8 Å². The van der Waals surface area contributed by atoms with E-state index in [1.807, 2.05) is 0 Å². The van der Waals surface area contributed by atoms with E-state index in [1.54, 1.807) is 0 Å². The average Bonchev–Trinajstić information content (AvgIpc) is 2.34. The van der Waals surface area contributed by atoms with Crippen LogP contribution >= 0.6 is 0 Å². The average molecular weight is 248 g/mol. The Balaban J connectivity index is 2.77. The molecule has 0 saturated carbocycles. The zero-order chi connectivity index (χ0) is 13.7. The molecule has 2 heteroatoms. The standard InChI is InChI=1S/C16H28N2/c1-7-13(3)15(17-5)11-18(6)16-9-8-12(2)10-14(16)4/h8-10,13,15,17H,7,11H2,1-6H3. The largest absolute Gasteiger partial charge is 0.373 e. The Hall–Kier alpha value is -1.02. The summed E-state index contributed by atoms with van der Waals surface area (Å²) >= 11 is 0. The molecule has 0 aromatic heterocycles. The summed E-state index contributed by atoms with van der Waals surface area (Å²) < 4.78 is 0. The van der Waals surface area contributed by atoms with Gasteiger partial charge in [0.15, 0.2) is 0 Å². The van der Waals surface area contributed by atoms with Gasteiger partial charge in [0.1, 0.15) is 0 Å². The Bertz CT molecular complexity index is 373. The number of hydrogen-bond acceptors (Lipinski definition) is 2. The van der Waals surface area contributed by atoms with Crippen LogP contribution in [0.15, 0.2) is 18.2 Å². The Kier molecular flexibility index (Phi) is 5.67. The lowest BCUT2D eigenvalue weighted by molar-refractivity contribution is 0.391. The van der Waals surface area contributed by atoms with E-state index in [2.05, 4.69) is 70.2 Å². The SMILES string of the molecule is CCC(C)C(CN(C)c1ccc(C)cc1C)NC. The quantitative estimate of drug-likeness (QED) is 0.830. The van der Waals surface area contributed by atoms with Crippen LogP contribution < -0.4 is 10.2 Å². The minimum absolute atomic E-state index is 0.542. The van der Waals surface area contributed by atoms with Crippen molar-refractivity contribution in [1.82, 2.24) is 5.32 Å². The molecule has 0 spiro atoms. The van der Waals surface area contributed by atoms with Crippen LogP contribution in [0.2, 0.25) is 0 Å². The van der Waals surface area contributed by atoms with Crippen molar-refractivity contribution < 1.29 is 0 Å². The zero-order valence-electron chi connectivity index (χ0n) is 12.7. The molecule has 1 aromatic rings. The van der Waals surface area contributed by atoms with Gasteiger partial charge in [-0.1, -0.05) is 38.0 Å². The lowest BCUT2D eigenvalue weighted by Crippen LogP contribution is -2.42. The van der Waals surface area contributed by atoms with Crippen molar-refractivity contribution in [3.05, 3.63) is 29.3 Å². The molecule has 0 aliphatic rings. The molecular weight excluding hydrogens is 220 g/mol. The van der Waals surface area contributed by atoms with Crippen molar-refractivity contribution in [3.8, 4) is 0 Å². The van der Waals surface area contributed by atoms with E-state index in [0.717, 1.165) is 6.54 Å². The summed E-state index contributed by atoms with van der Waals surface area (Å²) in [7, 11) is 4.25. The molecule has 0 aliphatic heterocycles. The molecule has 0 heterocycles. The number of nitrogens with zero attached hydrogens (tertiary/aromatic N) is 1. The normalized spacial score (nSPS) is 14.3. The van der Waals surface area contributed by atoms with Crippen molar-refractivity contribution in [1.29, 1.82) is 0 Å². The van der Waals surface area contributed by atoms with E-state index in [9.17, 15) is 0 Å². The molecule has 2 unspecified atom stereocenters. The Morgan fingerprint density at radius 2 is 1.94 bits per heavy atom. The van der Waals surface area contributed by atoms with E-state index < -0.39 is 0 Å². The van der Waals surface area contributed by atoms with E-state index in [1.165, 1.54) is 23.2 Å².